The van der Waals surface area contributed by atoms with Crippen LogP contribution in [0.1, 0.15) is 34.9 Å². The first-order valence-electron chi connectivity index (χ1n) is 8.92. The average molecular weight is 366 g/mol. The molecular formula is C20H19FN4O2. The molecule has 0 aliphatic carbocycles. The number of nitrogens with zero attached hydrogens (tertiary/aromatic N) is 3. The second kappa shape index (κ2) is 7.19. The minimum Gasteiger partial charge on any atom is -0.338 e. The van der Waals surface area contributed by atoms with Crippen LogP contribution in [-0.4, -0.2) is 38.7 Å². The van der Waals surface area contributed by atoms with E-state index in [9.17, 15) is 14.0 Å². The Bertz CT molecular complexity index is 1010. The molecule has 1 aliphatic rings. The Morgan fingerprint density at radius 2 is 1.85 bits per heavy atom. The van der Waals surface area contributed by atoms with Gasteiger partial charge in [0.15, 0.2) is 0 Å². The van der Waals surface area contributed by atoms with E-state index in [-0.39, 0.29) is 23.1 Å². The summed E-state index contributed by atoms with van der Waals surface area (Å²) in [4.78, 5) is 29.4. The number of carbonyl (C=O) groups is 1. The number of nitrogens with one attached hydrogen (secondary N) is 1. The van der Waals surface area contributed by atoms with Crippen molar-refractivity contribution in [1.82, 2.24) is 19.7 Å². The van der Waals surface area contributed by atoms with Gasteiger partial charge in [-0.1, -0.05) is 30.3 Å². The van der Waals surface area contributed by atoms with Crippen LogP contribution < -0.4 is 5.69 Å². The molecule has 1 unspecified atom stereocenters. The Labute approximate surface area is 155 Å². The number of rotatable bonds is 3. The summed E-state index contributed by atoms with van der Waals surface area (Å²) in [6.07, 6.45) is 1.58. The average Bonchev–Trinajstić information content (AvgIpc) is 3.10. The third-order valence-electron chi connectivity index (χ3n) is 4.84. The van der Waals surface area contributed by atoms with Crippen molar-refractivity contribution in [2.24, 2.45) is 0 Å². The number of hydrogen-bond donors (Lipinski definition) is 1. The van der Waals surface area contributed by atoms with Gasteiger partial charge < -0.3 is 4.90 Å². The number of H-pyrrole nitrogens is 1. The smallest absolute Gasteiger partial charge is 0.338 e. The molecule has 138 valence electrons. The summed E-state index contributed by atoms with van der Waals surface area (Å²) < 4.78 is 15.3. The monoisotopic (exact) mass is 366 g/mol. The molecule has 1 atom stereocenters. The van der Waals surface area contributed by atoms with Gasteiger partial charge in [0, 0.05) is 19.0 Å². The number of aromatic amines is 1. The Balaban J connectivity index is 1.56. The second-order valence-corrected chi connectivity index (χ2v) is 6.63. The summed E-state index contributed by atoms with van der Waals surface area (Å²) in [5, 5.41) is 4.42. The summed E-state index contributed by atoms with van der Waals surface area (Å²) in [5.41, 5.74) is 0.440. The third-order valence-corrected chi connectivity index (χ3v) is 4.84. The predicted octanol–water partition coefficient (Wildman–Crippen LogP) is 2.72. The van der Waals surface area contributed by atoms with Gasteiger partial charge in [0.1, 0.15) is 11.6 Å². The Morgan fingerprint density at radius 3 is 2.63 bits per heavy atom. The number of amides is 1. The van der Waals surface area contributed by atoms with Crippen molar-refractivity contribution in [3.8, 4) is 5.69 Å². The van der Waals surface area contributed by atoms with Crippen molar-refractivity contribution in [2.75, 3.05) is 13.1 Å². The quantitative estimate of drug-likeness (QED) is 0.775. The van der Waals surface area contributed by atoms with E-state index in [0.29, 0.717) is 24.6 Å². The lowest BCUT2D eigenvalue weighted by atomic mass is 9.96. The van der Waals surface area contributed by atoms with Gasteiger partial charge in [-0.2, -0.15) is 4.68 Å². The number of piperidine rings is 1. The van der Waals surface area contributed by atoms with Gasteiger partial charge in [-0.25, -0.2) is 9.18 Å². The lowest BCUT2D eigenvalue weighted by molar-refractivity contribution is 0.0700. The van der Waals surface area contributed by atoms with Gasteiger partial charge in [-0.3, -0.25) is 9.78 Å². The number of para-hydroxylation sites is 1. The molecule has 1 saturated heterocycles. The fourth-order valence-corrected chi connectivity index (χ4v) is 3.46. The molecule has 3 aromatic rings. The molecule has 0 saturated carbocycles. The maximum atomic E-state index is 13.9. The molecule has 2 heterocycles. The highest BCUT2D eigenvalue weighted by Gasteiger charge is 2.29. The van der Waals surface area contributed by atoms with Crippen molar-refractivity contribution in [3.05, 3.63) is 82.3 Å². The summed E-state index contributed by atoms with van der Waals surface area (Å²) in [5.74, 6) is -0.393. The third kappa shape index (κ3) is 3.40. The molecule has 0 bridgehead atoms. The van der Waals surface area contributed by atoms with Crippen LogP contribution in [0.4, 0.5) is 4.39 Å². The topological polar surface area (TPSA) is 71.0 Å². The molecule has 27 heavy (non-hydrogen) atoms. The molecule has 0 radical (unpaired) electrons. The lowest BCUT2D eigenvalue weighted by Crippen LogP contribution is -2.39. The summed E-state index contributed by atoms with van der Waals surface area (Å²) in [6.45, 7) is 0.961. The number of hydrogen-bond acceptors (Lipinski definition) is 3. The van der Waals surface area contributed by atoms with Crippen molar-refractivity contribution < 1.29 is 9.18 Å². The fourth-order valence-electron chi connectivity index (χ4n) is 3.46. The van der Waals surface area contributed by atoms with Crippen LogP contribution in [-0.2, 0) is 0 Å². The maximum Gasteiger partial charge on any atom is 0.348 e. The van der Waals surface area contributed by atoms with Crippen LogP contribution in [0.3, 0.4) is 0 Å². The Kier molecular flexibility index (Phi) is 4.58. The number of benzene rings is 2. The van der Waals surface area contributed by atoms with E-state index in [1.807, 2.05) is 18.2 Å². The fraction of sp³-hybridized carbons (Fsp3) is 0.250. The van der Waals surface area contributed by atoms with Gasteiger partial charge in [0.2, 0.25) is 0 Å². The molecule has 1 amide bonds. The molecule has 6 nitrogen and oxygen atoms in total. The first-order valence-corrected chi connectivity index (χ1v) is 8.92. The number of aromatic nitrogens is 3. The largest absolute Gasteiger partial charge is 0.348 e. The minimum absolute atomic E-state index is 0.0708. The molecular weight excluding hydrogens is 347 g/mol. The minimum atomic E-state index is -0.522. The van der Waals surface area contributed by atoms with Crippen LogP contribution in [0.5, 0.6) is 0 Å². The Morgan fingerprint density at radius 1 is 1.11 bits per heavy atom. The zero-order chi connectivity index (χ0) is 18.8. The summed E-state index contributed by atoms with van der Waals surface area (Å²) in [7, 11) is 0. The molecule has 2 aromatic carbocycles. The molecule has 1 fully saturated rings. The zero-order valence-electron chi connectivity index (χ0n) is 14.6. The number of likely N-dealkylation sites (tertiary alicyclic amines) is 1. The zero-order valence-corrected chi connectivity index (χ0v) is 14.6. The van der Waals surface area contributed by atoms with E-state index < -0.39 is 5.82 Å². The van der Waals surface area contributed by atoms with E-state index in [2.05, 4.69) is 10.1 Å². The lowest BCUT2D eigenvalue weighted by Gasteiger charge is -2.31. The first kappa shape index (κ1) is 17.2. The van der Waals surface area contributed by atoms with E-state index in [0.717, 1.165) is 12.8 Å². The van der Waals surface area contributed by atoms with Gasteiger partial charge in [0.05, 0.1) is 11.3 Å². The molecule has 1 aromatic heterocycles. The summed E-state index contributed by atoms with van der Waals surface area (Å²) >= 11 is 0. The predicted molar refractivity (Wildman–Crippen MR) is 98.5 cm³/mol. The van der Waals surface area contributed by atoms with Gasteiger partial charge in [-0.15, -0.1) is 5.10 Å². The van der Waals surface area contributed by atoms with Gasteiger partial charge >= 0.3 is 5.69 Å². The highest BCUT2D eigenvalue weighted by atomic mass is 19.1. The highest BCUT2D eigenvalue weighted by Crippen LogP contribution is 2.25. The van der Waals surface area contributed by atoms with Crippen LogP contribution in [0.2, 0.25) is 0 Å². The summed E-state index contributed by atoms with van der Waals surface area (Å²) in [6, 6.07) is 15.2. The molecule has 1 N–H and O–H groups in total. The van der Waals surface area contributed by atoms with Crippen LogP contribution in [0.25, 0.3) is 5.69 Å². The number of carbonyl (C=O) groups excluding carboxylic acids is 1. The molecule has 1 aliphatic heterocycles. The van der Waals surface area contributed by atoms with E-state index in [4.69, 9.17) is 0 Å². The van der Waals surface area contributed by atoms with Crippen molar-refractivity contribution >= 4 is 5.91 Å². The molecule has 4 rings (SSSR count). The normalized spacial score (nSPS) is 17.1. The van der Waals surface area contributed by atoms with Crippen molar-refractivity contribution in [3.63, 3.8) is 0 Å². The van der Waals surface area contributed by atoms with E-state index in [1.54, 1.807) is 29.2 Å². The van der Waals surface area contributed by atoms with Gasteiger partial charge in [0.25, 0.3) is 5.91 Å². The van der Waals surface area contributed by atoms with Crippen LogP contribution in [0.15, 0.2) is 59.4 Å². The van der Waals surface area contributed by atoms with Crippen LogP contribution in [0, 0.1) is 5.82 Å². The first-order chi connectivity index (χ1) is 13.1. The van der Waals surface area contributed by atoms with Crippen molar-refractivity contribution in [2.45, 2.75) is 18.8 Å². The van der Waals surface area contributed by atoms with E-state index in [1.165, 1.54) is 16.8 Å². The van der Waals surface area contributed by atoms with Crippen molar-refractivity contribution in [1.29, 1.82) is 0 Å². The standard InChI is InChI=1S/C20H19FN4O2/c21-17-11-5-4-10-16(17)19(26)24-12-6-7-14(13-24)18-22-20(27)25(23-18)15-8-2-1-3-9-15/h1-5,8-11,14H,6-7,12-13H2,(H,22,23,27). The molecule has 0 spiro atoms. The molecule has 7 heteroatoms. The van der Waals surface area contributed by atoms with Gasteiger partial charge in [-0.05, 0) is 37.1 Å². The Hall–Kier alpha value is -3.22. The van der Waals surface area contributed by atoms with Crippen LogP contribution >= 0.6 is 0 Å². The number of halogens is 1. The maximum absolute atomic E-state index is 13.9. The second-order valence-electron chi connectivity index (χ2n) is 6.63. The SMILES string of the molecule is O=C(c1ccccc1F)N1CCCC(c2nn(-c3ccccc3)c(=O)[nH]2)C1. The van der Waals surface area contributed by atoms with E-state index >= 15 is 0 Å². The highest BCUT2D eigenvalue weighted by molar-refractivity contribution is 5.94.